The van der Waals surface area contributed by atoms with Crippen molar-refractivity contribution in [2.45, 2.75) is 31.8 Å². The number of rotatable bonds is 4. The van der Waals surface area contributed by atoms with Crippen molar-refractivity contribution in [3.63, 3.8) is 0 Å². The summed E-state index contributed by atoms with van der Waals surface area (Å²) in [5, 5.41) is 12.6. The number of aromatic nitrogens is 5. The second-order valence-electron chi connectivity index (χ2n) is 6.45. The summed E-state index contributed by atoms with van der Waals surface area (Å²) in [5.74, 6) is 0.531. The van der Waals surface area contributed by atoms with E-state index < -0.39 is 6.04 Å². The molecule has 0 unspecified atom stereocenters. The lowest BCUT2D eigenvalue weighted by atomic mass is 10.1. The van der Waals surface area contributed by atoms with Crippen molar-refractivity contribution in [2.75, 3.05) is 6.54 Å². The molecule has 0 N–H and O–H groups in total. The number of carbonyl (C=O) groups is 1. The second-order valence-corrected chi connectivity index (χ2v) is 6.45. The normalized spacial score (nSPS) is 18.0. The molecule has 3 heterocycles. The van der Waals surface area contributed by atoms with Crippen LogP contribution in [-0.2, 0) is 4.79 Å². The number of amides is 1. The number of hydrogen-bond acceptors (Lipinski definition) is 5. The summed E-state index contributed by atoms with van der Waals surface area (Å²) in [7, 11) is 0. The summed E-state index contributed by atoms with van der Waals surface area (Å²) < 4.78 is 0. The van der Waals surface area contributed by atoms with Crippen LogP contribution in [0.3, 0.4) is 0 Å². The molecule has 2 aromatic heterocycles. The quantitative estimate of drug-likeness (QED) is 0.724. The minimum atomic E-state index is -0.503. The van der Waals surface area contributed by atoms with Crippen molar-refractivity contribution >= 4 is 5.91 Å². The minimum absolute atomic E-state index is 0.00775. The van der Waals surface area contributed by atoms with Crippen molar-refractivity contribution in [1.82, 2.24) is 30.1 Å². The highest BCUT2D eigenvalue weighted by atomic mass is 16.2. The fraction of sp³-hybridized carbons (Fsp3) is 0.316. The van der Waals surface area contributed by atoms with Gasteiger partial charge in [0.2, 0.25) is 11.7 Å². The molecule has 1 aromatic carbocycles. The highest BCUT2D eigenvalue weighted by Gasteiger charge is 2.34. The van der Waals surface area contributed by atoms with Gasteiger partial charge in [-0.05, 0) is 36.6 Å². The number of tetrazole rings is 1. The van der Waals surface area contributed by atoms with Crippen LogP contribution in [0.25, 0.3) is 11.4 Å². The number of hydrogen-bond donors (Lipinski definition) is 0. The van der Waals surface area contributed by atoms with Gasteiger partial charge in [0.25, 0.3) is 0 Å². The summed E-state index contributed by atoms with van der Waals surface area (Å²) in [4.78, 5) is 20.6. The van der Waals surface area contributed by atoms with Crippen LogP contribution in [0, 0.1) is 0 Å². The summed E-state index contributed by atoms with van der Waals surface area (Å²) >= 11 is 0. The Kier molecular flexibility index (Phi) is 4.43. The maximum atomic E-state index is 13.1. The number of carbonyl (C=O) groups excluding carboxylic acids is 1. The fourth-order valence-electron chi connectivity index (χ4n) is 3.38. The zero-order valence-corrected chi connectivity index (χ0v) is 14.6. The van der Waals surface area contributed by atoms with Gasteiger partial charge in [0.15, 0.2) is 0 Å². The monoisotopic (exact) mass is 348 g/mol. The molecule has 7 heteroatoms. The van der Waals surface area contributed by atoms with Gasteiger partial charge in [-0.2, -0.15) is 4.80 Å². The smallest absolute Gasteiger partial charge is 0.249 e. The van der Waals surface area contributed by atoms with Crippen LogP contribution in [-0.4, -0.2) is 42.5 Å². The zero-order chi connectivity index (χ0) is 17.9. The Morgan fingerprint density at radius 1 is 1.19 bits per heavy atom. The van der Waals surface area contributed by atoms with Crippen LogP contribution in [0.1, 0.15) is 37.4 Å². The molecule has 0 spiro atoms. The molecular weight excluding hydrogens is 328 g/mol. The van der Waals surface area contributed by atoms with E-state index in [-0.39, 0.29) is 11.9 Å². The minimum Gasteiger partial charge on any atom is -0.334 e. The molecule has 2 atom stereocenters. The Morgan fingerprint density at radius 2 is 2.04 bits per heavy atom. The largest absolute Gasteiger partial charge is 0.334 e. The van der Waals surface area contributed by atoms with E-state index in [4.69, 9.17) is 0 Å². The van der Waals surface area contributed by atoms with Crippen molar-refractivity contribution in [3.8, 4) is 11.4 Å². The van der Waals surface area contributed by atoms with Crippen molar-refractivity contribution in [3.05, 3.63) is 60.4 Å². The van der Waals surface area contributed by atoms with Crippen LogP contribution in [0.15, 0.2) is 54.9 Å². The first-order valence-corrected chi connectivity index (χ1v) is 8.79. The third-order valence-corrected chi connectivity index (χ3v) is 4.77. The van der Waals surface area contributed by atoms with Crippen molar-refractivity contribution < 1.29 is 4.79 Å². The highest BCUT2D eigenvalue weighted by Crippen LogP contribution is 2.33. The van der Waals surface area contributed by atoms with E-state index in [0.29, 0.717) is 5.82 Å². The number of nitrogens with zero attached hydrogens (tertiary/aromatic N) is 6. The van der Waals surface area contributed by atoms with E-state index >= 15 is 0 Å². The van der Waals surface area contributed by atoms with E-state index in [9.17, 15) is 4.79 Å². The highest BCUT2D eigenvalue weighted by molar-refractivity contribution is 5.80. The topological polar surface area (TPSA) is 76.8 Å². The summed E-state index contributed by atoms with van der Waals surface area (Å²) in [6, 6.07) is 13.1. The third-order valence-electron chi connectivity index (χ3n) is 4.77. The van der Waals surface area contributed by atoms with Crippen LogP contribution < -0.4 is 0 Å². The number of benzene rings is 1. The third kappa shape index (κ3) is 3.08. The standard InChI is InChI=1S/C19H20N6O/c1-14(25-22-18(21-23-25)15-7-3-2-4-8-15)19(26)24-12-6-10-17(24)16-9-5-11-20-13-16/h2-5,7-9,11,13-14,17H,6,10,12H2,1H3/t14-,17-/m0/s1. The van der Waals surface area contributed by atoms with E-state index in [0.717, 1.165) is 30.5 Å². The first kappa shape index (κ1) is 16.4. The Hall–Kier alpha value is -3.09. The molecule has 0 aliphatic carbocycles. The van der Waals surface area contributed by atoms with Gasteiger partial charge in [-0.15, -0.1) is 10.2 Å². The fourth-order valence-corrected chi connectivity index (χ4v) is 3.38. The first-order valence-electron chi connectivity index (χ1n) is 8.79. The van der Waals surface area contributed by atoms with E-state index in [1.807, 2.05) is 60.5 Å². The lowest BCUT2D eigenvalue weighted by Gasteiger charge is -2.27. The molecule has 0 bridgehead atoms. The van der Waals surface area contributed by atoms with Gasteiger partial charge in [-0.1, -0.05) is 36.4 Å². The van der Waals surface area contributed by atoms with Gasteiger partial charge in [0, 0.05) is 24.5 Å². The molecule has 132 valence electrons. The Labute approximate surface area is 151 Å². The molecule has 1 saturated heterocycles. The molecule has 1 fully saturated rings. The molecule has 4 rings (SSSR count). The van der Waals surface area contributed by atoms with Gasteiger partial charge in [0.05, 0.1) is 6.04 Å². The maximum absolute atomic E-state index is 13.1. The first-order chi connectivity index (χ1) is 12.7. The van der Waals surface area contributed by atoms with E-state index in [2.05, 4.69) is 20.4 Å². The molecule has 1 amide bonds. The Bertz CT molecular complexity index is 879. The lowest BCUT2D eigenvalue weighted by Crippen LogP contribution is -2.36. The Balaban J connectivity index is 1.54. The molecule has 0 radical (unpaired) electrons. The van der Waals surface area contributed by atoms with Crippen LogP contribution in [0.2, 0.25) is 0 Å². The number of likely N-dealkylation sites (tertiary alicyclic amines) is 1. The van der Waals surface area contributed by atoms with Crippen LogP contribution in [0.4, 0.5) is 0 Å². The predicted molar refractivity (Wildman–Crippen MR) is 95.9 cm³/mol. The van der Waals surface area contributed by atoms with Gasteiger partial charge in [-0.3, -0.25) is 9.78 Å². The van der Waals surface area contributed by atoms with Crippen molar-refractivity contribution in [2.24, 2.45) is 0 Å². The molecule has 26 heavy (non-hydrogen) atoms. The predicted octanol–water partition coefficient (Wildman–Crippen LogP) is 2.66. The van der Waals surface area contributed by atoms with Gasteiger partial charge < -0.3 is 4.90 Å². The van der Waals surface area contributed by atoms with Gasteiger partial charge >= 0.3 is 0 Å². The lowest BCUT2D eigenvalue weighted by molar-refractivity contribution is -0.135. The average Bonchev–Trinajstić information content (AvgIpc) is 3.38. The second kappa shape index (κ2) is 7.03. The van der Waals surface area contributed by atoms with Gasteiger partial charge in [-0.25, -0.2) is 0 Å². The van der Waals surface area contributed by atoms with E-state index in [1.165, 1.54) is 4.80 Å². The molecule has 3 aromatic rings. The number of pyridine rings is 1. The molecule has 1 aliphatic heterocycles. The van der Waals surface area contributed by atoms with Crippen LogP contribution >= 0.6 is 0 Å². The summed E-state index contributed by atoms with van der Waals surface area (Å²) in [5.41, 5.74) is 1.95. The molecule has 0 saturated carbocycles. The van der Waals surface area contributed by atoms with E-state index in [1.54, 1.807) is 6.20 Å². The average molecular weight is 348 g/mol. The molecule has 7 nitrogen and oxygen atoms in total. The maximum Gasteiger partial charge on any atom is 0.249 e. The molecular formula is C19H20N6O. The molecule has 1 aliphatic rings. The van der Waals surface area contributed by atoms with Crippen molar-refractivity contribution in [1.29, 1.82) is 0 Å². The summed E-state index contributed by atoms with van der Waals surface area (Å²) in [6.45, 7) is 2.56. The van der Waals surface area contributed by atoms with Gasteiger partial charge in [0.1, 0.15) is 6.04 Å². The van der Waals surface area contributed by atoms with Crippen LogP contribution in [0.5, 0.6) is 0 Å². The SMILES string of the molecule is C[C@@H](C(=O)N1CCC[C@H]1c1cccnc1)n1nnc(-c2ccccc2)n1. The Morgan fingerprint density at radius 3 is 2.81 bits per heavy atom. The zero-order valence-electron chi connectivity index (χ0n) is 14.6. The summed E-state index contributed by atoms with van der Waals surface area (Å²) in [6.07, 6.45) is 5.52.